The van der Waals surface area contributed by atoms with E-state index in [9.17, 15) is 14.4 Å². The SMILES string of the molecule is Cn1c(=O)n(C2CCC(=O)NC2=O)c2cccc(CC3CC4(CCNCC4)C3)c21. The van der Waals surface area contributed by atoms with Gasteiger partial charge in [0, 0.05) is 13.5 Å². The predicted octanol–water partition coefficient (Wildman–Crippen LogP) is 1.64. The number of fused-ring (bicyclic) bond motifs is 1. The van der Waals surface area contributed by atoms with Crippen LogP contribution in [0.25, 0.3) is 11.0 Å². The number of nitrogens with one attached hydrogen (secondary N) is 2. The molecule has 2 N–H and O–H groups in total. The van der Waals surface area contributed by atoms with Crippen LogP contribution in [0.1, 0.15) is 50.1 Å². The molecule has 29 heavy (non-hydrogen) atoms. The fraction of sp³-hybridized carbons (Fsp3) is 0.591. The minimum absolute atomic E-state index is 0.189. The van der Waals surface area contributed by atoms with Crippen molar-refractivity contribution in [2.75, 3.05) is 13.1 Å². The van der Waals surface area contributed by atoms with Gasteiger partial charge in [-0.2, -0.15) is 0 Å². The highest BCUT2D eigenvalue weighted by atomic mass is 16.2. The number of aryl methyl sites for hydroxylation is 1. The predicted molar refractivity (Wildman–Crippen MR) is 110 cm³/mol. The van der Waals surface area contributed by atoms with Gasteiger partial charge in [0.25, 0.3) is 0 Å². The number of hydrogen-bond donors (Lipinski definition) is 2. The first-order valence-electron chi connectivity index (χ1n) is 10.7. The van der Waals surface area contributed by atoms with Gasteiger partial charge in [0.1, 0.15) is 6.04 Å². The first kappa shape index (κ1) is 18.6. The van der Waals surface area contributed by atoms with Gasteiger partial charge in [-0.1, -0.05) is 12.1 Å². The molecule has 7 nitrogen and oxygen atoms in total. The van der Waals surface area contributed by atoms with Gasteiger partial charge in [0.05, 0.1) is 11.0 Å². The molecule has 154 valence electrons. The van der Waals surface area contributed by atoms with E-state index in [1.807, 2.05) is 12.1 Å². The Hall–Kier alpha value is -2.41. The van der Waals surface area contributed by atoms with Crippen LogP contribution in [0.3, 0.4) is 0 Å². The van der Waals surface area contributed by atoms with Crippen molar-refractivity contribution in [2.24, 2.45) is 18.4 Å². The zero-order valence-electron chi connectivity index (χ0n) is 16.9. The fourth-order valence-corrected chi connectivity index (χ4v) is 5.90. The summed E-state index contributed by atoms with van der Waals surface area (Å²) in [6.45, 7) is 2.26. The van der Waals surface area contributed by atoms with E-state index in [2.05, 4.69) is 16.7 Å². The number of carbonyl (C=O) groups is 2. The minimum Gasteiger partial charge on any atom is -0.317 e. The summed E-state index contributed by atoms with van der Waals surface area (Å²) in [6.07, 6.45) is 6.69. The number of amides is 2. The summed E-state index contributed by atoms with van der Waals surface area (Å²) < 4.78 is 3.25. The highest BCUT2D eigenvalue weighted by Crippen LogP contribution is 2.52. The van der Waals surface area contributed by atoms with Crippen molar-refractivity contribution in [1.82, 2.24) is 19.8 Å². The Morgan fingerprint density at radius 2 is 1.90 bits per heavy atom. The van der Waals surface area contributed by atoms with E-state index < -0.39 is 6.04 Å². The van der Waals surface area contributed by atoms with Gasteiger partial charge in [-0.3, -0.25) is 24.0 Å². The minimum atomic E-state index is -0.624. The first-order valence-corrected chi connectivity index (χ1v) is 10.7. The van der Waals surface area contributed by atoms with Gasteiger partial charge in [0.15, 0.2) is 0 Å². The molecule has 2 amide bonds. The largest absolute Gasteiger partial charge is 0.329 e. The number of carbonyl (C=O) groups excluding carboxylic acids is 2. The average Bonchev–Trinajstić information content (AvgIpc) is 2.93. The van der Waals surface area contributed by atoms with Crippen molar-refractivity contribution in [3.8, 4) is 0 Å². The molecule has 2 aromatic rings. The van der Waals surface area contributed by atoms with Crippen LogP contribution in [-0.2, 0) is 23.1 Å². The Labute approximate surface area is 169 Å². The molecule has 0 bridgehead atoms. The van der Waals surface area contributed by atoms with Crippen molar-refractivity contribution in [3.05, 3.63) is 34.2 Å². The molecule has 1 spiro atoms. The van der Waals surface area contributed by atoms with Crippen molar-refractivity contribution in [2.45, 2.75) is 51.0 Å². The molecule has 1 unspecified atom stereocenters. The van der Waals surface area contributed by atoms with Crippen LogP contribution in [-0.4, -0.2) is 34.0 Å². The monoisotopic (exact) mass is 396 g/mol. The summed E-state index contributed by atoms with van der Waals surface area (Å²) in [4.78, 5) is 36.9. The second-order valence-corrected chi connectivity index (χ2v) is 9.19. The quantitative estimate of drug-likeness (QED) is 0.773. The smallest absolute Gasteiger partial charge is 0.317 e. The highest BCUT2D eigenvalue weighted by molar-refractivity contribution is 6.00. The van der Waals surface area contributed by atoms with E-state index in [0.29, 0.717) is 17.8 Å². The number of benzene rings is 1. The molecule has 3 fully saturated rings. The van der Waals surface area contributed by atoms with Gasteiger partial charge >= 0.3 is 5.69 Å². The van der Waals surface area contributed by atoms with E-state index >= 15 is 0 Å². The van der Waals surface area contributed by atoms with E-state index in [1.54, 1.807) is 16.2 Å². The highest BCUT2D eigenvalue weighted by Gasteiger charge is 2.44. The third-order valence-electron chi connectivity index (χ3n) is 7.32. The Morgan fingerprint density at radius 1 is 1.14 bits per heavy atom. The Bertz CT molecular complexity index is 1040. The molecule has 1 aromatic heterocycles. The molecule has 3 aliphatic rings. The number of aromatic nitrogens is 2. The second-order valence-electron chi connectivity index (χ2n) is 9.19. The lowest BCUT2D eigenvalue weighted by molar-refractivity contribution is -0.135. The van der Waals surface area contributed by atoms with Gasteiger partial charge < -0.3 is 5.32 Å². The van der Waals surface area contributed by atoms with Crippen LogP contribution in [0.4, 0.5) is 0 Å². The molecule has 1 aliphatic carbocycles. The number of imidazole rings is 1. The summed E-state index contributed by atoms with van der Waals surface area (Å²) in [5.41, 5.74) is 3.25. The standard InChI is InChI=1S/C22H28N4O3/c1-25-19-15(11-14-12-22(13-14)7-9-23-10-8-22)3-2-4-16(19)26(21(25)29)17-5-6-18(27)24-20(17)28/h2-4,14,17,23H,5-13H2,1H3,(H,24,27,28). The maximum absolute atomic E-state index is 13.0. The van der Waals surface area contributed by atoms with Gasteiger partial charge in [-0.25, -0.2) is 4.79 Å². The molecular formula is C22H28N4O3. The number of rotatable bonds is 3. The lowest BCUT2D eigenvalue weighted by atomic mass is 9.56. The number of piperidine rings is 2. The number of nitrogens with zero attached hydrogens (tertiary/aromatic N) is 2. The van der Waals surface area contributed by atoms with Crippen LogP contribution in [0.5, 0.6) is 0 Å². The van der Waals surface area contributed by atoms with Crippen LogP contribution in [0, 0.1) is 11.3 Å². The summed E-state index contributed by atoms with van der Waals surface area (Å²) >= 11 is 0. The lowest BCUT2D eigenvalue weighted by Gasteiger charge is -2.50. The summed E-state index contributed by atoms with van der Waals surface area (Å²) in [6, 6.07) is 5.39. The number of hydrogen-bond acceptors (Lipinski definition) is 4. The third-order valence-corrected chi connectivity index (χ3v) is 7.32. The molecular weight excluding hydrogens is 368 g/mol. The molecule has 2 saturated heterocycles. The van der Waals surface area contributed by atoms with Crippen molar-refractivity contribution >= 4 is 22.8 Å². The third kappa shape index (κ3) is 3.03. The normalized spacial score (nSPS) is 24.7. The maximum atomic E-state index is 13.0. The van der Waals surface area contributed by atoms with Crippen LogP contribution < -0.4 is 16.3 Å². The molecule has 2 aliphatic heterocycles. The van der Waals surface area contributed by atoms with Gasteiger partial charge in [-0.15, -0.1) is 0 Å². The summed E-state index contributed by atoms with van der Waals surface area (Å²) in [5.74, 6) is 0.0119. The molecule has 0 radical (unpaired) electrons. The lowest BCUT2D eigenvalue weighted by Crippen LogP contribution is -2.46. The summed E-state index contributed by atoms with van der Waals surface area (Å²) in [7, 11) is 1.78. The van der Waals surface area contributed by atoms with Crippen LogP contribution in [0.2, 0.25) is 0 Å². The average molecular weight is 396 g/mol. The Morgan fingerprint density at radius 3 is 2.62 bits per heavy atom. The second kappa shape index (κ2) is 6.83. The van der Waals surface area contributed by atoms with E-state index in [0.717, 1.165) is 30.5 Å². The summed E-state index contributed by atoms with van der Waals surface area (Å²) in [5, 5.41) is 5.83. The van der Waals surface area contributed by atoms with Crippen molar-refractivity contribution in [1.29, 1.82) is 0 Å². The Kier molecular flexibility index (Phi) is 4.38. The van der Waals surface area contributed by atoms with E-state index in [-0.39, 0.29) is 23.9 Å². The number of imide groups is 1. The molecule has 1 aromatic carbocycles. The molecule has 7 heteroatoms. The molecule has 1 saturated carbocycles. The van der Waals surface area contributed by atoms with Crippen molar-refractivity contribution < 1.29 is 9.59 Å². The zero-order valence-corrected chi connectivity index (χ0v) is 16.9. The maximum Gasteiger partial charge on any atom is 0.329 e. The first-order chi connectivity index (χ1) is 14.0. The van der Waals surface area contributed by atoms with Gasteiger partial charge in [-0.05, 0) is 74.6 Å². The molecule has 1 atom stereocenters. The van der Waals surface area contributed by atoms with Gasteiger partial charge in [0.2, 0.25) is 11.8 Å². The van der Waals surface area contributed by atoms with Crippen LogP contribution in [0.15, 0.2) is 23.0 Å². The zero-order chi connectivity index (χ0) is 20.2. The van der Waals surface area contributed by atoms with E-state index in [4.69, 9.17) is 0 Å². The fourth-order valence-electron chi connectivity index (χ4n) is 5.90. The van der Waals surface area contributed by atoms with E-state index in [1.165, 1.54) is 31.2 Å². The number of para-hydroxylation sites is 1. The Balaban J connectivity index is 1.45. The van der Waals surface area contributed by atoms with Crippen molar-refractivity contribution in [3.63, 3.8) is 0 Å². The topological polar surface area (TPSA) is 85.1 Å². The molecule has 3 heterocycles. The molecule has 5 rings (SSSR count). The van der Waals surface area contributed by atoms with Crippen LogP contribution >= 0.6 is 0 Å².